The van der Waals surface area contributed by atoms with Crippen LogP contribution in [-0.4, -0.2) is 23.4 Å². The number of nitrogens with zero attached hydrogens (tertiary/aromatic N) is 1. The van der Waals surface area contributed by atoms with Crippen LogP contribution in [0.2, 0.25) is 0 Å². The minimum atomic E-state index is -4.69. The van der Waals surface area contributed by atoms with Crippen molar-refractivity contribution in [2.45, 2.75) is 18.0 Å². The number of carbonyl (C=O) groups is 1. The summed E-state index contributed by atoms with van der Waals surface area (Å²) in [6.45, 7) is 0. The van der Waals surface area contributed by atoms with Gasteiger partial charge < -0.3 is 4.74 Å². The predicted octanol–water partition coefficient (Wildman–Crippen LogP) is 2.94. The van der Waals surface area contributed by atoms with Crippen LogP contribution in [0.15, 0.2) is 18.2 Å². The Morgan fingerprint density at radius 1 is 1.50 bits per heavy atom. The molecule has 5 nitrogen and oxygen atoms in total. The molecule has 0 spiro atoms. The van der Waals surface area contributed by atoms with Gasteiger partial charge in [0.1, 0.15) is 5.38 Å². The quantitative estimate of drug-likeness (QED) is 0.371. The second-order valence-electron chi connectivity index (χ2n) is 3.79. The molecule has 0 aliphatic carbocycles. The number of esters is 1. The average Bonchev–Trinajstić information content (AvgIpc) is 2.36. The maximum Gasteiger partial charge on any atom is 0.416 e. The lowest BCUT2D eigenvalue weighted by atomic mass is 10.0. The van der Waals surface area contributed by atoms with Crippen molar-refractivity contribution in [2.24, 2.45) is 0 Å². The second-order valence-corrected chi connectivity index (χ2v) is 4.32. The summed E-state index contributed by atoms with van der Waals surface area (Å²) >= 11 is 5.65. The van der Waals surface area contributed by atoms with Crippen LogP contribution < -0.4 is 0 Å². The highest BCUT2D eigenvalue weighted by Gasteiger charge is 2.33. The average molecular weight is 312 g/mol. The summed E-state index contributed by atoms with van der Waals surface area (Å²) in [4.78, 5) is 21.0. The summed E-state index contributed by atoms with van der Waals surface area (Å²) in [5.74, 6) is -0.819. The van der Waals surface area contributed by atoms with Crippen molar-refractivity contribution in [1.82, 2.24) is 0 Å². The molecule has 0 bridgehead atoms. The van der Waals surface area contributed by atoms with Gasteiger partial charge in [0.25, 0.3) is 5.69 Å². The van der Waals surface area contributed by atoms with Gasteiger partial charge in [-0.3, -0.25) is 14.9 Å². The number of rotatable bonds is 4. The van der Waals surface area contributed by atoms with E-state index in [-0.39, 0.29) is 12.0 Å². The molecule has 0 saturated heterocycles. The van der Waals surface area contributed by atoms with Crippen molar-refractivity contribution in [3.8, 4) is 0 Å². The van der Waals surface area contributed by atoms with Crippen molar-refractivity contribution < 1.29 is 27.6 Å². The summed E-state index contributed by atoms with van der Waals surface area (Å²) < 4.78 is 41.8. The zero-order valence-corrected chi connectivity index (χ0v) is 10.9. The largest absolute Gasteiger partial charge is 0.468 e. The molecule has 1 aromatic carbocycles. The Morgan fingerprint density at radius 3 is 2.55 bits per heavy atom. The molecule has 110 valence electrons. The van der Waals surface area contributed by atoms with E-state index in [4.69, 9.17) is 11.6 Å². The second kappa shape index (κ2) is 6.08. The summed E-state index contributed by atoms with van der Waals surface area (Å²) in [6.07, 6.45) is -4.99. The number of nitro groups is 1. The lowest BCUT2D eigenvalue weighted by Crippen LogP contribution is -2.19. The van der Waals surface area contributed by atoms with Gasteiger partial charge in [0, 0.05) is 18.1 Å². The van der Waals surface area contributed by atoms with E-state index in [1.807, 2.05) is 0 Å². The van der Waals surface area contributed by atoms with Crippen LogP contribution in [0, 0.1) is 10.1 Å². The molecule has 1 unspecified atom stereocenters. The van der Waals surface area contributed by atoms with E-state index in [9.17, 15) is 28.1 Å². The first kappa shape index (κ1) is 16.2. The van der Waals surface area contributed by atoms with E-state index in [0.29, 0.717) is 12.1 Å². The van der Waals surface area contributed by atoms with Gasteiger partial charge in [0.2, 0.25) is 0 Å². The third kappa shape index (κ3) is 3.83. The molecule has 1 aromatic rings. The van der Waals surface area contributed by atoms with Gasteiger partial charge in [-0.25, -0.2) is 0 Å². The maximum absolute atomic E-state index is 12.5. The fourth-order valence-corrected chi connectivity index (χ4v) is 1.74. The topological polar surface area (TPSA) is 69.4 Å². The smallest absolute Gasteiger partial charge is 0.416 e. The van der Waals surface area contributed by atoms with Crippen LogP contribution >= 0.6 is 11.6 Å². The summed E-state index contributed by atoms with van der Waals surface area (Å²) in [5, 5.41) is 9.59. The van der Waals surface area contributed by atoms with Gasteiger partial charge in [0.15, 0.2) is 0 Å². The molecule has 20 heavy (non-hydrogen) atoms. The van der Waals surface area contributed by atoms with Crippen molar-refractivity contribution >= 4 is 23.3 Å². The molecule has 1 rings (SSSR count). The zero-order valence-electron chi connectivity index (χ0n) is 10.1. The fourth-order valence-electron chi connectivity index (χ4n) is 1.49. The number of ether oxygens (including phenoxy) is 1. The van der Waals surface area contributed by atoms with Crippen molar-refractivity contribution in [2.75, 3.05) is 7.11 Å². The standard InChI is InChI=1S/C11H9ClF3NO4/c1-20-10(17)8(12)4-6-2-3-7(11(13,14)15)5-9(6)16(18)19/h2-3,5,8H,4H2,1H3. The maximum atomic E-state index is 12.5. The third-order valence-corrected chi connectivity index (χ3v) is 2.80. The molecule has 0 aromatic heterocycles. The number of nitro benzene ring substituents is 1. The van der Waals surface area contributed by atoms with Gasteiger partial charge in [-0.15, -0.1) is 11.6 Å². The summed E-state index contributed by atoms with van der Waals surface area (Å²) in [7, 11) is 1.08. The van der Waals surface area contributed by atoms with Crippen molar-refractivity contribution in [1.29, 1.82) is 0 Å². The lowest BCUT2D eigenvalue weighted by Gasteiger charge is -2.10. The van der Waals surface area contributed by atoms with Crippen LogP contribution in [0.25, 0.3) is 0 Å². The number of benzene rings is 1. The SMILES string of the molecule is COC(=O)C(Cl)Cc1ccc(C(F)(F)F)cc1[N+](=O)[O-]. The van der Waals surface area contributed by atoms with E-state index < -0.39 is 33.7 Å². The predicted molar refractivity (Wildman–Crippen MR) is 63.5 cm³/mol. The van der Waals surface area contributed by atoms with E-state index in [2.05, 4.69) is 4.74 Å². The molecule has 0 aliphatic heterocycles. The molecular formula is C11H9ClF3NO4. The minimum absolute atomic E-state index is 0.0756. The van der Waals surface area contributed by atoms with Crippen LogP contribution in [0.3, 0.4) is 0 Å². The van der Waals surface area contributed by atoms with Crippen LogP contribution in [0.4, 0.5) is 18.9 Å². The highest BCUT2D eigenvalue weighted by molar-refractivity contribution is 6.30. The van der Waals surface area contributed by atoms with Crippen LogP contribution in [0.1, 0.15) is 11.1 Å². The Kier molecular flexibility index (Phi) is 4.93. The Balaban J connectivity index is 3.15. The highest BCUT2D eigenvalue weighted by atomic mass is 35.5. The highest BCUT2D eigenvalue weighted by Crippen LogP contribution is 2.33. The number of methoxy groups -OCH3 is 1. The molecule has 0 N–H and O–H groups in total. The molecule has 0 amide bonds. The first-order valence-corrected chi connectivity index (χ1v) is 5.67. The number of carbonyl (C=O) groups excluding carboxylic acids is 1. The monoisotopic (exact) mass is 311 g/mol. The van der Waals surface area contributed by atoms with E-state index >= 15 is 0 Å². The zero-order chi connectivity index (χ0) is 15.5. The fraction of sp³-hybridized carbons (Fsp3) is 0.364. The van der Waals surface area contributed by atoms with E-state index in [1.54, 1.807) is 0 Å². The van der Waals surface area contributed by atoms with E-state index in [1.165, 1.54) is 0 Å². The van der Waals surface area contributed by atoms with Gasteiger partial charge in [-0.2, -0.15) is 13.2 Å². The van der Waals surface area contributed by atoms with Crippen molar-refractivity contribution in [3.05, 3.63) is 39.4 Å². The van der Waals surface area contributed by atoms with Crippen LogP contribution in [0.5, 0.6) is 0 Å². The molecular weight excluding hydrogens is 303 g/mol. The molecule has 0 heterocycles. The first-order chi connectivity index (χ1) is 9.16. The summed E-state index contributed by atoms with van der Waals surface area (Å²) in [6, 6.07) is 2.04. The van der Waals surface area contributed by atoms with Gasteiger partial charge in [0.05, 0.1) is 17.6 Å². The van der Waals surface area contributed by atoms with Gasteiger partial charge in [-0.1, -0.05) is 6.07 Å². The lowest BCUT2D eigenvalue weighted by molar-refractivity contribution is -0.385. The Morgan fingerprint density at radius 2 is 2.10 bits per heavy atom. The molecule has 0 radical (unpaired) electrons. The Hall–Kier alpha value is -1.83. The number of hydrogen-bond acceptors (Lipinski definition) is 4. The number of alkyl halides is 4. The van der Waals surface area contributed by atoms with E-state index in [0.717, 1.165) is 13.2 Å². The molecule has 0 saturated carbocycles. The van der Waals surface area contributed by atoms with Gasteiger partial charge in [-0.05, 0) is 6.07 Å². The molecule has 9 heteroatoms. The molecule has 0 fully saturated rings. The summed E-state index contributed by atoms with van der Waals surface area (Å²) in [5.41, 5.74) is -1.96. The first-order valence-electron chi connectivity index (χ1n) is 5.23. The molecule has 0 aliphatic rings. The number of hydrogen-bond donors (Lipinski definition) is 0. The normalized spacial score (nSPS) is 12.8. The van der Waals surface area contributed by atoms with Crippen molar-refractivity contribution in [3.63, 3.8) is 0 Å². The minimum Gasteiger partial charge on any atom is -0.468 e. The molecule has 1 atom stereocenters. The third-order valence-electron chi connectivity index (χ3n) is 2.47. The van der Waals surface area contributed by atoms with Crippen LogP contribution in [-0.2, 0) is 22.1 Å². The number of halogens is 4. The Labute approximate surface area is 116 Å². The van der Waals surface area contributed by atoms with Gasteiger partial charge >= 0.3 is 12.1 Å². The Bertz CT molecular complexity index is 533.